The van der Waals surface area contributed by atoms with E-state index in [2.05, 4.69) is 33.6 Å². The summed E-state index contributed by atoms with van der Waals surface area (Å²) in [6.45, 7) is 1.96. The number of carbonyl (C=O) groups is 1. The summed E-state index contributed by atoms with van der Waals surface area (Å²) in [4.78, 5) is 15.4. The molecule has 0 bridgehead atoms. The van der Waals surface area contributed by atoms with E-state index in [0.29, 0.717) is 10.0 Å². The van der Waals surface area contributed by atoms with Crippen molar-refractivity contribution in [2.45, 2.75) is 19.1 Å². The van der Waals surface area contributed by atoms with Crippen LogP contribution in [0.15, 0.2) is 16.6 Å². The lowest BCUT2D eigenvalue weighted by molar-refractivity contribution is -0.895. The lowest BCUT2D eigenvalue weighted by Crippen LogP contribution is -3.08. The molecule has 8 heteroatoms. The van der Waals surface area contributed by atoms with Crippen molar-refractivity contribution in [1.29, 1.82) is 0 Å². The molecule has 2 aliphatic heterocycles. The molecule has 24 heavy (non-hydrogen) atoms. The second-order valence-corrected chi connectivity index (χ2v) is 8.63. The van der Waals surface area contributed by atoms with E-state index in [4.69, 9.17) is 11.6 Å². The first-order valence-electron chi connectivity index (χ1n) is 7.63. The minimum atomic E-state index is -0.572. The first-order chi connectivity index (χ1) is 11.4. The molecule has 1 amide bonds. The van der Waals surface area contributed by atoms with E-state index < -0.39 is 6.17 Å². The third kappa shape index (κ3) is 2.60. The average molecular weight is 429 g/mol. The highest BCUT2D eigenvalue weighted by Crippen LogP contribution is 2.41. The van der Waals surface area contributed by atoms with E-state index in [1.807, 2.05) is 0 Å². The summed E-state index contributed by atoms with van der Waals surface area (Å²) in [5.74, 6) is -0.395. The molecule has 0 aliphatic carbocycles. The van der Waals surface area contributed by atoms with Gasteiger partial charge in [0, 0.05) is 15.9 Å². The van der Waals surface area contributed by atoms with Crippen LogP contribution < -0.4 is 20.6 Å². The number of quaternary nitrogens is 1. The van der Waals surface area contributed by atoms with Gasteiger partial charge in [0.05, 0.1) is 24.0 Å². The van der Waals surface area contributed by atoms with E-state index in [1.54, 1.807) is 23.5 Å². The topological polar surface area (TPSA) is 68.6 Å². The predicted molar refractivity (Wildman–Crippen MR) is 95.9 cm³/mol. The maximum Gasteiger partial charge on any atom is 0.256 e. The maximum absolute atomic E-state index is 12.7. The summed E-state index contributed by atoms with van der Waals surface area (Å²) in [6.07, 6.45) is 0.333. The van der Waals surface area contributed by atoms with Crippen molar-refractivity contribution in [3.8, 4) is 5.75 Å². The summed E-state index contributed by atoms with van der Waals surface area (Å²) in [7, 11) is 2.16. The summed E-state index contributed by atoms with van der Waals surface area (Å²) < 4.78 is 0.708. The highest BCUT2D eigenvalue weighted by Gasteiger charge is 2.34. The Morgan fingerprint density at radius 3 is 3.00 bits per heavy atom. The quantitative estimate of drug-likeness (QED) is 0.647. The fourth-order valence-electron chi connectivity index (χ4n) is 3.28. The van der Waals surface area contributed by atoms with E-state index in [-0.39, 0.29) is 16.7 Å². The molecule has 5 nitrogen and oxygen atoms in total. The van der Waals surface area contributed by atoms with Crippen LogP contribution in [0.1, 0.15) is 32.5 Å². The lowest BCUT2D eigenvalue weighted by atomic mass is 10.0. The van der Waals surface area contributed by atoms with Gasteiger partial charge in [-0.25, -0.2) is 0 Å². The van der Waals surface area contributed by atoms with Gasteiger partial charge in [-0.3, -0.25) is 4.79 Å². The third-order valence-corrected chi connectivity index (χ3v) is 6.38. The number of hydrogen-bond acceptors (Lipinski definition) is 4. The van der Waals surface area contributed by atoms with E-state index in [9.17, 15) is 9.90 Å². The van der Waals surface area contributed by atoms with Gasteiger partial charge in [-0.1, -0.05) is 33.3 Å². The van der Waals surface area contributed by atoms with Gasteiger partial charge in [0.1, 0.15) is 17.7 Å². The van der Waals surface area contributed by atoms with Crippen LogP contribution in [0.5, 0.6) is 5.75 Å². The predicted octanol–water partition coefficient (Wildman–Crippen LogP) is 1.66. The zero-order valence-corrected chi connectivity index (χ0v) is 16.0. The summed E-state index contributed by atoms with van der Waals surface area (Å²) in [6, 6.07) is 3.26. The van der Waals surface area contributed by atoms with Gasteiger partial charge in [-0.2, -0.15) is 0 Å². The SMILES string of the molecule is C[NH+]1CCc2c(sc3c2C(=O)N[C@H](c2cc(Br)cc(Cl)c2[O-])N3)C1. The molecule has 3 N–H and O–H groups in total. The highest BCUT2D eigenvalue weighted by atomic mass is 79.9. The van der Waals surface area contributed by atoms with E-state index in [0.717, 1.165) is 35.6 Å². The molecule has 1 aromatic carbocycles. The summed E-state index contributed by atoms with van der Waals surface area (Å²) in [5, 5.41) is 19.5. The van der Waals surface area contributed by atoms with Crippen LogP contribution in [0.3, 0.4) is 0 Å². The molecule has 1 aromatic heterocycles. The van der Waals surface area contributed by atoms with Crippen LogP contribution in [-0.2, 0) is 13.0 Å². The van der Waals surface area contributed by atoms with Gasteiger partial charge >= 0.3 is 0 Å². The third-order valence-electron chi connectivity index (χ3n) is 4.48. The fourth-order valence-corrected chi connectivity index (χ4v) is 5.50. The van der Waals surface area contributed by atoms with Crippen LogP contribution in [0.25, 0.3) is 0 Å². The fraction of sp³-hybridized carbons (Fsp3) is 0.312. The Balaban J connectivity index is 1.74. The van der Waals surface area contributed by atoms with Gasteiger partial charge < -0.3 is 20.6 Å². The van der Waals surface area contributed by atoms with Crippen molar-refractivity contribution < 1.29 is 14.8 Å². The van der Waals surface area contributed by atoms with Crippen LogP contribution in [-0.4, -0.2) is 19.5 Å². The molecule has 0 spiro atoms. The summed E-state index contributed by atoms with van der Waals surface area (Å²) >= 11 is 11.0. The number of nitrogens with one attached hydrogen (secondary N) is 3. The molecule has 0 saturated carbocycles. The summed E-state index contributed by atoms with van der Waals surface area (Å²) in [5.41, 5.74) is 2.33. The monoisotopic (exact) mass is 427 g/mol. The second kappa shape index (κ2) is 5.91. The van der Waals surface area contributed by atoms with Crippen molar-refractivity contribution in [1.82, 2.24) is 5.32 Å². The molecule has 3 heterocycles. The molecule has 0 fully saturated rings. The number of thiophene rings is 1. The highest BCUT2D eigenvalue weighted by molar-refractivity contribution is 9.10. The standard InChI is InChI=1S/C16H15BrClN3O2S/c1-21-3-2-8-11(6-21)24-16-12(8)15(23)19-14(20-16)9-4-7(17)5-10(18)13(9)22/h4-5,14,20,22H,2-3,6H2,1H3,(H,19,23)/t14-/m0/s1. The van der Waals surface area contributed by atoms with Crippen molar-refractivity contribution >= 4 is 49.8 Å². The number of halogens is 2. The average Bonchev–Trinajstić information content (AvgIpc) is 2.88. The zero-order valence-electron chi connectivity index (χ0n) is 12.8. The molecule has 4 rings (SSSR count). The number of amides is 1. The van der Waals surface area contributed by atoms with Crippen molar-refractivity contribution in [2.24, 2.45) is 0 Å². The number of rotatable bonds is 1. The Morgan fingerprint density at radius 2 is 2.21 bits per heavy atom. The van der Waals surface area contributed by atoms with Gasteiger partial charge in [0.25, 0.3) is 5.91 Å². The van der Waals surface area contributed by atoms with Crippen molar-refractivity contribution in [3.63, 3.8) is 0 Å². The number of anilines is 1. The normalized spacial score (nSPS) is 22.4. The molecular formula is C16H15BrClN3O2S. The molecule has 0 radical (unpaired) electrons. The van der Waals surface area contributed by atoms with Gasteiger partial charge in [0.15, 0.2) is 0 Å². The Labute approximate surface area is 156 Å². The maximum atomic E-state index is 12.7. The number of carbonyl (C=O) groups excluding carboxylic acids is 1. The smallest absolute Gasteiger partial charge is 0.256 e. The zero-order chi connectivity index (χ0) is 17.0. The Kier molecular flexibility index (Phi) is 3.99. The second-order valence-electron chi connectivity index (χ2n) is 6.20. The Bertz CT molecular complexity index is 854. The lowest BCUT2D eigenvalue weighted by Gasteiger charge is -2.30. The van der Waals surface area contributed by atoms with Gasteiger partial charge in [-0.05, 0) is 23.3 Å². The Morgan fingerprint density at radius 1 is 1.42 bits per heavy atom. The van der Waals surface area contributed by atoms with Crippen LogP contribution in [0.4, 0.5) is 5.00 Å². The molecule has 2 aliphatic rings. The first-order valence-corrected chi connectivity index (χ1v) is 9.62. The molecule has 0 saturated heterocycles. The molecule has 126 valence electrons. The van der Waals surface area contributed by atoms with Crippen molar-refractivity contribution in [2.75, 3.05) is 18.9 Å². The van der Waals surface area contributed by atoms with Crippen LogP contribution in [0, 0.1) is 0 Å². The van der Waals surface area contributed by atoms with Crippen LogP contribution >= 0.6 is 38.9 Å². The molecule has 2 atom stereocenters. The number of benzene rings is 1. The molecular weight excluding hydrogens is 414 g/mol. The van der Waals surface area contributed by atoms with Gasteiger partial charge in [0.2, 0.25) is 0 Å². The number of likely N-dealkylation sites (N-methyl/N-ethyl adjacent to an activating group) is 1. The largest absolute Gasteiger partial charge is 0.871 e. The van der Waals surface area contributed by atoms with E-state index >= 15 is 0 Å². The molecule has 1 unspecified atom stereocenters. The Hall–Kier alpha value is -1.28. The number of fused-ring (bicyclic) bond motifs is 3. The minimum absolute atomic E-state index is 0.124. The molecule has 2 aromatic rings. The van der Waals surface area contributed by atoms with Crippen molar-refractivity contribution in [3.05, 3.63) is 43.2 Å². The minimum Gasteiger partial charge on any atom is -0.871 e. The van der Waals surface area contributed by atoms with E-state index in [1.165, 1.54) is 9.78 Å². The van der Waals surface area contributed by atoms with Crippen LogP contribution in [0.2, 0.25) is 5.02 Å². The number of hydrogen-bond donors (Lipinski definition) is 3. The van der Waals surface area contributed by atoms with Gasteiger partial charge in [-0.15, -0.1) is 11.3 Å². The first kappa shape index (κ1) is 16.2.